The Balaban J connectivity index is 1.23. The maximum Gasteiger partial charge on any atom is 0.0728 e. The molecule has 0 saturated heterocycles. The Morgan fingerprint density at radius 3 is 1.51 bits per heavy atom. The third kappa shape index (κ3) is 4.37. The van der Waals surface area contributed by atoms with Crippen LogP contribution in [0, 0.1) is 0 Å². The molecule has 8 aromatic rings. The Hall–Kier alpha value is -5.70. The molecule has 0 aliphatic heterocycles. The van der Waals surface area contributed by atoms with Crippen LogP contribution in [-0.2, 0) is 5.41 Å². The zero-order chi connectivity index (χ0) is 31.2. The van der Waals surface area contributed by atoms with E-state index in [0.717, 1.165) is 17.1 Å². The fraction of sp³-hybridized carbons (Fsp3) is 0.0222. The van der Waals surface area contributed by atoms with Crippen LogP contribution in [0.5, 0.6) is 0 Å². The molecule has 1 aliphatic carbocycles. The van der Waals surface area contributed by atoms with E-state index in [-0.39, 0.29) is 0 Å². The van der Waals surface area contributed by atoms with Gasteiger partial charge in [0.05, 0.1) is 5.41 Å². The van der Waals surface area contributed by atoms with Crippen molar-refractivity contribution in [3.63, 3.8) is 0 Å². The fourth-order valence-corrected chi connectivity index (χ4v) is 8.82. The number of fused-ring (bicyclic) bond motifs is 5. The first-order valence-corrected chi connectivity index (χ1v) is 16.9. The molecule has 0 amide bonds. The van der Waals surface area contributed by atoms with Gasteiger partial charge in [-0.1, -0.05) is 140 Å². The Bertz CT molecular complexity index is 2250. The van der Waals surface area contributed by atoms with Crippen LogP contribution in [0.2, 0.25) is 0 Å². The average Bonchev–Trinajstić information content (AvgIpc) is 3.67. The van der Waals surface area contributed by atoms with Crippen LogP contribution < -0.4 is 4.90 Å². The van der Waals surface area contributed by atoms with E-state index in [4.69, 9.17) is 0 Å². The van der Waals surface area contributed by atoms with Crippen molar-refractivity contribution < 1.29 is 0 Å². The van der Waals surface area contributed by atoms with Crippen molar-refractivity contribution in [2.75, 3.05) is 4.90 Å². The van der Waals surface area contributed by atoms with Gasteiger partial charge in [0.25, 0.3) is 0 Å². The summed E-state index contributed by atoms with van der Waals surface area (Å²) in [7, 11) is 0. The highest BCUT2D eigenvalue weighted by Gasteiger charge is 2.48. The maximum atomic E-state index is 2.46. The average molecular weight is 618 g/mol. The Labute approximate surface area is 279 Å². The number of hydrogen-bond donors (Lipinski definition) is 0. The van der Waals surface area contributed by atoms with E-state index in [9.17, 15) is 0 Å². The third-order valence-electron chi connectivity index (χ3n) is 9.54. The minimum absolute atomic E-state index is 0.430. The quantitative estimate of drug-likeness (QED) is 0.179. The standard InChI is InChI=1S/C45H31NS/c1-5-15-34(16-6-1)45(35-17-7-2-8-18-35)41-31-33(27-30-39(41)44-43(45)40-23-13-14-24-42(40)47-44)32-25-28-38(29-26-32)46(36-19-9-3-10-20-36)37-21-11-4-12-22-37/h1-31H. The minimum atomic E-state index is -0.430. The first kappa shape index (κ1) is 27.6. The van der Waals surface area contributed by atoms with Gasteiger partial charge < -0.3 is 4.90 Å². The number of hydrogen-bond acceptors (Lipinski definition) is 2. The number of para-hydroxylation sites is 2. The predicted octanol–water partition coefficient (Wildman–Crippen LogP) is 12.4. The fourth-order valence-electron chi connectivity index (χ4n) is 7.52. The summed E-state index contributed by atoms with van der Waals surface area (Å²) in [5, 5.41) is 1.34. The van der Waals surface area contributed by atoms with Crippen molar-refractivity contribution in [1.82, 2.24) is 0 Å². The number of rotatable bonds is 6. The molecular weight excluding hydrogens is 587 g/mol. The molecule has 0 N–H and O–H groups in total. The van der Waals surface area contributed by atoms with Crippen LogP contribution >= 0.6 is 11.3 Å². The molecule has 0 radical (unpaired) electrons. The van der Waals surface area contributed by atoms with E-state index in [1.807, 2.05) is 11.3 Å². The highest BCUT2D eigenvalue weighted by Crippen LogP contribution is 2.61. The smallest absolute Gasteiger partial charge is 0.0728 e. The van der Waals surface area contributed by atoms with E-state index < -0.39 is 5.41 Å². The molecule has 9 rings (SSSR count). The summed E-state index contributed by atoms with van der Waals surface area (Å²) >= 11 is 1.92. The summed E-state index contributed by atoms with van der Waals surface area (Å²) in [5.74, 6) is 0. The largest absolute Gasteiger partial charge is 0.311 e. The highest BCUT2D eigenvalue weighted by molar-refractivity contribution is 7.22. The van der Waals surface area contributed by atoms with Gasteiger partial charge in [-0.25, -0.2) is 0 Å². The van der Waals surface area contributed by atoms with Gasteiger partial charge in [-0.15, -0.1) is 11.3 Å². The van der Waals surface area contributed by atoms with Crippen LogP contribution in [0.1, 0.15) is 22.3 Å². The second kappa shape index (κ2) is 11.3. The topological polar surface area (TPSA) is 3.24 Å². The molecule has 1 nitrogen and oxygen atoms in total. The molecule has 0 bridgehead atoms. The summed E-state index contributed by atoms with van der Waals surface area (Å²) in [5.41, 5.74) is 12.1. The second-order valence-electron chi connectivity index (χ2n) is 12.1. The van der Waals surface area contributed by atoms with Crippen molar-refractivity contribution in [3.8, 4) is 21.6 Å². The lowest BCUT2D eigenvalue weighted by Crippen LogP contribution is -2.28. The number of thiophene rings is 1. The summed E-state index contributed by atoms with van der Waals surface area (Å²) in [4.78, 5) is 3.68. The molecule has 1 heterocycles. The van der Waals surface area contributed by atoms with E-state index in [1.165, 1.54) is 53.9 Å². The zero-order valence-corrected chi connectivity index (χ0v) is 26.6. The summed E-state index contributed by atoms with van der Waals surface area (Å²) in [6, 6.07) is 68.4. The van der Waals surface area contributed by atoms with Crippen LogP contribution in [0.3, 0.4) is 0 Å². The lowest BCUT2D eigenvalue weighted by Gasteiger charge is -2.34. The van der Waals surface area contributed by atoms with E-state index >= 15 is 0 Å². The van der Waals surface area contributed by atoms with Gasteiger partial charge in [-0.2, -0.15) is 0 Å². The molecule has 0 fully saturated rings. The SMILES string of the molecule is c1ccc(N(c2ccccc2)c2ccc(-c3ccc4c(c3)C(c3ccccc3)(c3ccccc3)c3c-4sc4ccccc34)cc2)cc1. The van der Waals surface area contributed by atoms with Crippen molar-refractivity contribution in [3.05, 3.63) is 210 Å². The number of anilines is 3. The van der Waals surface area contributed by atoms with Gasteiger partial charge >= 0.3 is 0 Å². The molecule has 7 aromatic carbocycles. The van der Waals surface area contributed by atoms with Crippen molar-refractivity contribution in [1.29, 1.82) is 0 Å². The molecule has 1 aliphatic rings. The molecular formula is C45H31NS. The van der Waals surface area contributed by atoms with Gasteiger partial charge in [0.15, 0.2) is 0 Å². The maximum absolute atomic E-state index is 2.46. The van der Waals surface area contributed by atoms with Gasteiger partial charge in [-0.3, -0.25) is 0 Å². The van der Waals surface area contributed by atoms with Crippen molar-refractivity contribution in [2.24, 2.45) is 0 Å². The lowest BCUT2D eigenvalue weighted by atomic mass is 9.67. The van der Waals surface area contributed by atoms with Crippen LogP contribution in [0.25, 0.3) is 31.7 Å². The zero-order valence-electron chi connectivity index (χ0n) is 25.8. The Morgan fingerprint density at radius 1 is 0.426 bits per heavy atom. The molecule has 222 valence electrons. The molecule has 2 heteroatoms. The first-order chi connectivity index (χ1) is 23.3. The molecule has 0 saturated carbocycles. The summed E-state index contributed by atoms with van der Waals surface area (Å²) in [6.45, 7) is 0. The number of nitrogens with zero attached hydrogens (tertiary/aromatic N) is 1. The normalized spacial score (nSPS) is 12.9. The Kier molecular flexibility index (Phi) is 6.62. The second-order valence-corrected chi connectivity index (χ2v) is 13.2. The molecule has 0 atom stereocenters. The third-order valence-corrected chi connectivity index (χ3v) is 10.7. The van der Waals surface area contributed by atoms with Crippen LogP contribution in [0.15, 0.2) is 188 Å². The van der Waals surface area contributed by atoms with Gasteiger partial charge in [-0.05, 0) is 92.9 Å². The monoisotopic (exact) mass is 617 g/mol. The molecule has 47 heavy (non-hydrogen) atoms. The summed E-state index contributed by atoms with van der Waals surface area (Å²) in [6.07, 6.45) is 0. The van der Waals surface area contributed by atoms with Gasteiger partial charge in [0.2, 0.25) is 0 Å². The minimum Gasteiger partial charge on any atom is -0.311 e. The first-order valence-electron chi connectivity index (χ1n) is 16.1. The highest BCUT2D eigenvalue weighted by atomic mass is 32.1. The van der Waals surface area contributed by atoms with Crippen molar-refractivity contribution in [2.45, 2.75) is 5.41 Å². The van der Waals surface area contributed by atoms with Gasteiger partial charge in [0.1, 0.15) is 0 Å². The van der Waals surface area contributed by atoms with E-state index in [0.29, 0.717) is 0 Å². The Morgan fingerprint density at radius 2 is 0.915 bits per heavy atom. The number of benzene rings is 7. The summed E-state index contributed by atoms with van der Waals surface area (Å²) < 4.78 is 1.33. The van der Waals surface area contributed by atoms with E-state index in [2.05, 4.69) is 193 Å². The molecule has 0 spiro atoms. The predicted molar refractivity (Wildman–Crippen MR) is 199 cm³/mol. The molecule has 0 unspecified atom stereocenters. The van der Waals surface area contributed by atoms with E-state index in [1.54, 1.807) is 0 Å². The van der Waals surface area contributed by atoms with Gasteiger partial charge in [0, 0.05) is 26.6 Å². The van der Waals surface area contributed by atoms with Crippen molar-refractivity contribution >= 4 is 38.5 Å². The van der Waals surface area contributed by atoms with Crippen LogP contribution in [-0.4, -0.2) is 0 Å². The van der Waals surface area contributed by atoms with Crippen LogP contribution in [0.4, 0.5) is 17.1 Å². The lowest BCUT2D eigenvalue weighted by molar-refractivity contribution is 0.777. The molecule has 1 aromatic heterocycles.